The van der Waals surface area contributed by atoms with Crippen molar-refractivity contribution in [1.82, 2.24) is 0 Å². The van der Waals surface area contributed by atoms with Gasteiger partial charge in [0.25, 0.3) is 0 Å². The fourth-order valence-electron chi connectivity index (χ4n) is 0.965. The maximum absolute atomic E-state index is 12.7. The Morgan fingerprint density at radius 3 is 2.75 bits per heavy atom. The summed E-state index contributed by atoms with van der Waals surface area (Å²) in [6.07, 6.45) is 0.474. The van der Waals surface area contributed by atoms with Crippen LogP contribution in [0.2, 0.25) is 0 Å². The summed E-state index contributed by atoms with van der Waals surface area (Å²) in [5, 5.41) is 9.38. The van der Waals surface area contributed by atoms with Crippen molar-refractivity contribution in [2.24, 2.45) is 5.73 Å². The minimum atomic E-state index is -0.372. The van der Waals surface area contributed by atoms with Crippen molar-refractivity contribution in [1.29, 1.82) is 0 Å². The summed E-state index contributed by atoms with van der Waals surface area (Å²) in [7, 11) is 0. The van der Waals surface area contributed by atoms with E-state index < -0.39 is 0 Å². The smallest absolute Gasteiger partial charge is 0.133 e. The van der Waals surface area contributed by atoms with Gasteiger partial charge in [-0.1, -0.05) is 0 Å². The predicted molar refractivity (Wildman–Crippen MR) is 48.5 cm³/mol. The molecular weight excluding hydrogens is 225 g/mol. The van der Waals surface area contributed by atoms with E-state index >= 15 is 0 Å². The SMILES string of the molecule is NCCc1cc(F)cc(Br)c1O. The Kier molecular flexibility index (Phi) is 3.05. The molecule has 0 fully saturated rings. The van der Waals surface area contributed by atoms with Gasteiger partial charge in [0.15, 0.2) is 0 Å². The van der Waals surface area contributed by atoms with Crippen LogP contribution in [0.5, 0.6) is 5.75 Å². The molecule has 0 amide bonds. The van der Waals surface area contributed by atoms with E-state index in [4.69, 9.17) is 5.73 Å². The molecule has 0 saturated carbocycles. The Hall–Kier alpha value is -0.610. The van der Waals surface area contributed by atoms with Crippen LogP contribution in [0.4, 0.5) is 4.39 Å². The van der Waals surface area contributed by atoms with Crippen molar-refractivity contribution in [2.45, 2.75) is 6.42 Å². The average Bonchev–Trinajstić information content (AvgIpc) is 2.00. The average molecular weight is 234 g/mol. The number of hydrogen-bond donors (Lipinski definition) is 2. The summed E-state index contributed by atoms with van der Waals surface area (Å²) in [4.78, 5) is 0. The van der Waals surface area contributed by atoms with E-state index in [1.54, 1.807) is 0 Å². The van der Waals surface area contributed by atoms with Crippen molar-refractivity contribution < 1.29 is 9.50 Å². The van der Waals surface area contributed by atoms with Gasteiger partial charge in [-0.05, 0) is 46.6 Å². The standard InChI is InChI=1S/C8H9BrFNO/c9-7-4-6(10)3-5(1-2-11)8(7)12/h3-4,12H,1-2,11H2. The van der Waals surface area contributed by atoms with Crippen LogP contribution in [-0.4, -0.2) is 11.7 Å². The van der Waals surface area contributed by atoms with Gasteiger partial charge in [-0.15, -0.1) is 0 Å². The number of phenols is 1. The third-order valence-corrected chi connectivity index (χ3v) is 2.13. The molecule has 0 atom stereocenters. The molecule has 3 N–H and O–H groups in total. The summed E-state index contributed by atoms with van der Waals surface area (Å²) < 4.78 is 13.1. The number of aromatic hydroxyl groups is 1. The minimum absolute atomic E-state index is 0.0712. The number of halogens is 2. The lowest BCUT2D eigenvalue weighted by Crippen LogP contribution is -2.03. The van der Waals surface area contributed by atoms with Gasteiger partial charge in [0.1, 0.15) is 11.6 Å². The number of phenolic OH excluding ortho intramolecular Hbond substituents is 1. The fourth-order valence-corrected chi connectivity index (χ4v) is 1.44. The molecule has 12 heavy (non-hydrogen) atoms. The third kappa shape index (κ3) is 1.95. The minimum Gasteiger partial charge on any atom is -0.506 e. The first-order chi connectivity index (χ1) is 5.65. The molecule has 0 radical (unpaired) electrons. The lowest BCUT2D eigenvalue weighted by atomic mass is 10.1. The summed E-state index contributed by atoms with van der Waals surface area (Å²) in [6.45, 7) is 0.392. The molecule has 0 aliphatic rings. The molecule has 0 aromatic heterocycles. The van der Waals surface area contributed by atoms with E-state index in [2.05, 4.69) is 15.9 Å². The molecule has 2 nitrogen and oxygen atoms in total. The maximum Gasteiger partial charge on any atom is 0.133 e. The summed E-state index contributed by atoms with van der Waals surface area (Å²) in [6, 6.07) is 2.50. The van der Waals surface area contributed by atoms with Crippen LogP contribution in [0.25, 0.3) is 0 Å². The number of hydrogen-bond acceptors (Lipinski definition) is 2. The highest BCUT2D eigenvalue weighted by molar-refractivity contribution is 9.10. The summed E-state index contributed by atoms with van der Waals surface area (Å²) in [5.74, 6) is -0.301. The van der Waals surface area contributed by atoms with Gasteiger partial charge in [0.2, 0.25) is 0 Å². The number of benzene rings is 1. The van der Waals surface area contributed by atoms with Crippen LogP contribution >= 0.6 is 15.9 Å². The Morgan fingerprint density at radius 2 is 2.17 bits per heavy atom. The van der Waals surface area contributed by atoms with Crippen molar-refractivity contribution in [3.05, 3.63) is 28.0 Å². The quantitative estimate of drug-likeness (QED) is 0.819. The van der Waals surface area contributed by atoms with Crippen LogP contribution in [0.3, 0.4) is 0 Å². The van der Waals surface area contributed by atoms with E-state index in [-0.39, 0.29) is 11.6 Å². The molecule has 0 aliphatic carbocycles. The van der Waals surface area contributed by atoms with Crippen molar-refractivity contribution in [2.75, 3.05) is 6.54 Å². The van der Waals surface area contributed by atoms with E-state index in [9.17, 15) is 9.50 Å². The molecule has 1 aromatic rings. The first-order valence-electron chi connectivity index (χ1n) is 3.52. The first-order valence-corrected chi connectivity index (χ1v) is 4.31. The molecule has 1 aromatic carbocycles. The molecule has 0 unspecified atom stereocenters. The third-order valence-electron chi connectivity index (χ3n) is 1.52. The predicted octanol–water partition coefficient (Wildman–Crippen LogP) is 1.79. The van der Waals surface area contributed by atoms with Gasteiger partial charge < -0.3 is 10.8 Å². The molecule has 0 bridgehead atoms. The highest BCUT2D eigenvalue weighted by Crippen LogP contribution is 2.28. The Balaban J connectivity index is 3.09. The molecule has 0 saturated heterocycles. The molecule has 66 valence electrons. The normalized spacial score (nSPS) is 10.2. The largest absolute Gasteiger partial charge is 0.506 e. The van der Waals surface area contributed by atoms with Gasteiger partial charge in [-0.2, -0.15) is 0 Å². The highest BCUT2D eigenvalue weighted by atomic mass is 79.9. The molecule has 0 aliphatic heterocycles. The van der Waals surface area contributed by atoms with Crippen molar-refractivity contribution in [3.8, 4) is 5.75 Å². The van der Waals surface area contributed by atoms with Crippen LogP contribution in [-0.2, 0) is 6.42 Å². The van der Waals surface area contributed by atoms with Crippen molar-refractivity contribution >= 4 is 15.9 Å². The molecule has 4 heteroatoms. The molecule has 1 rings (SSSR count). The Bertz CT molecular complexity index is 291. The van der Waals surface area contributed by atoms with E-state index in [0.29, 0.717) is 23.0 Å². The second kappa shape index (κ2) is 3.87. The topological polar surface area (TPSA) is 46.2 Å². The van der Waals surface area contributed by atoms with Crippen molar-refractivity contribution in [3.63, 3.8) is 0 Å². The summed E-state index contributed by atoms with van der Waals surface area (Å²) in [5.41, 5.74) is 5.81. The lowest BCUT2D eigenvalue weighted by molar-refractivity contribution is 0.462. The van der Waals surface area contributed by atoms with Gasteiger partial charge in [-0.3, -0.25) is 0 Å². The number of nitrogens with two attached hydrogens (primary N) is 1. The van der Waals surface area contributed by atoms with E-state index in [1.165, 1.54) is 12.1 Å². The van der Waals surface area contributed by atoms with Crippen LogP contribution < -0.4 is 5.73 Å². The van der Waals surface area contributed by atoms with Gasteiger partial charge >= 0.3 is 0 Å². The molecular formula is C8H9BrFNO. The van der Waals surface area contributed by atoms with Crippen LogP contribution in [0, 0.1) is 5.82 Å². The van der Waals surface area contributed by atoms with Gasteiger partial charge in [-0.25, -0.2) is 4.39 Å². The Morgan fingerprint density at radius 1 is 1.50 bits per heavy atom. The zero-order chi connectivity index (χ0) is 9.14. The summed E-state index contributed by atoms with van der Waals surface area (Å²) >= 11 is 3.04. The van der Waals surface area contributed by atoms with E-state index in [0.717, 1.165) is 0 Å². The molecule has 0 heterocycles. The second-order valence-electron chi connectivity index (χ2n) is 2.43. The number of rotatable bonds is 2. The maximum atomic E-state index is 12.7. The Labute approximate surface area is 78.3 Å². The fraction of sp³-hybridized carbons (Fsp3) is 0.250. The zero-order valence-electron chi connectivity index (χ0n) is 6.35. The first kappa shape index (κ1) is 9.48. The monoisotopic (exact) mass is 233 g/mol. The van der Waals surface area contributed by atoms with Crippen LogP contribution in [0.1, 0.15) is 5.56 Å². The second-order valence-corrected chi connectivity index (χ2v) is 3.29. The molecule has 0 spiro atoms. The zero-order valence-corrected chi connectivity index (χ0v) is 7.94. The van der Waals surface area contributed by atoms with Crippen LogP contribution in [0.15, 0.2) is 16.6 Å². The van der Waals surface area contributed by atoms with Gasteiger partial charge in [0.05, 0.1) is 4.47 Å². The van der Waals surface area contributed by atoms with Gasteiger partial charge in [0, 0.05) is 0 Å². The highest BCUT2D eigenvalue weighted by Gasteiger charge is 2.06. The van der Waals surface area contributed by atoms with E-state index in [1.807, 2.05) is 0 Å². The lowest BCUT2D eigenvalue weighted by Gasteiger charge is -2.04.